The second kappa shape index (κ2) is 14.9. The average molecular weight is 804 g/mol. The maximum absolute atomic E-state index is 14.0. The van der Waals surface area contributed by atoms with E-state index in [0.29, 0.717) is 38.6 Å². The van der Waals surface area contributed by atoms with Crippen molar-refractivity contribution in [3.8, 4) is 50.7 Å². The van der Waals surface area contributed by atoms with Crippen LogP contribution in [0, 0.1) is 0 Å². The van der Waals surface area contributed by atoms with Crippen molar-refractivity contribution in [2.45, 2.75) is 6.54 Å². The topological polar surface area (TPSA) is 220 Å². The van der Waals surface area contributed by atoms with E-state index in [4.69, 9.17) is 8.83 Å². The van der Waals surface area contributed by atoms with Crippen molar-refractivity contribution < 1.29 is 48.4 Å². The maximum atomic E-state index is 14.0. The number of fused-ring (bicyclic) bond motifs is 4. The monoisotopic (exact) mass is 803 g/mol. The van der Waals surface area contributed by atoms with Crippen molar-refractivity contribution in [3.05, 3.63) is 147 Å². The lowest BCUT2D eigenvalue weighted by Gasteiger charge is -2.20. The van der Waals surface area contributed by atoms with E-state index < -0.39 is 29.2 Å². The Morgan fingerprint density at radius 1 is 0.650 bits per heavy atom. The predicted molar refractivity (Wildman–Crippen MR) is 222 cm³/mol. The maximum Gasteiger partial charge on any atom is 0.336 e. The molecule has 60 heavy (non-hydrogen) atoms. The molecule has 4 aromatic rings. The molecule has 14 nitrogen and oxygen atoms in total. The third-order valence-corrected chi connectivity index (χ3v) is 10.4. The van der Waals surface area contributed by atoms with Crippen LogP contribution in [0.15, 0.2) is 122 Å². The molecule has 0 aromatic heterocycles. The molecule has 8 rings (SSSR count). The number of nitrogens with zero attached hydrogens (tertiary/aromatic N) is 2. The van der Waals surface area contributed by atoms with E-state index in [9.17, 15) is 44.4 Å². The van der Waals surface area contributed by atoms with Gasteiger partial charge in [0.1, 0.15) is 28.4 Å². The first-order chi connectivity index (χ1) is 28.7. The lowest BCUT2D eigenvalue weighted by Crippen LogP contribution is -2.26. The van der Waals surface area contributed by atoms with Gasteiger partial charge >= 0.3 is 17.9 Å². The van der Waals surface area contributed by atoms with E-state index in [1.54, 1.807) is 25.2 Å². The number of carbonyl (C=O) groups excluding carboxylic acids is 1. The molecule has 0 radical (unpaired) electrons. The molecule has 0 bridgehead atoms. The fourth-order valence-electron chi connectivity index (χ4n) is 7.43. The van der Waals surface area contributed by atoms with E-state index in [2.05, 4.69) is 10.3 Å². The average Bonchev–Trinajstić information content (AvgIpc) is 3.23. The number of aromatic carboxylic acids is 3. The Labute approximate surface area is 339 Å². The fraction of sp³-hybridized carbons (Fsp3) is 0.0870. The fourth-order valence-corrected chi connectivity index (χ4v) is 7.43. The van der Waals surface area contributed by atoms with E-state index in [1.807, 2.05) is 37.2 Å². The highest BCUT2D eigenvalue weighted by atomic mass is 16.4. The van der Waals surface area contributed by atoms with Crippen LogP contribution in [-0.2, 0) is 6.54 Å². The summed E-state index contributed by atoms with van der Waals surface area (Å²) in [4.78, 5) is 70.7. The van der Waals surface area contributed by atoms with Gasteiger partial charge < -0.3 is 39.5 Å². The molecule has 0 spiro atoms. The molecular formula is C46H33N3O11. The number of carboxylic acid groups (broad SMARTS) is 3. The molecule has 2 heterocycles. The summed E-state index contributed by atoms with van der Waals surface area (Å²) in [5.41, 5.74) is 2.29. The molecule has 4 aromatic carbocycles. The van der Waals surface area contributed by atoms with Crippen molar-refractivity contribution in [2.24, 2.45) is 4.99 Å². The van der Waals surface area contributed by atoms with Crippen molar-refractivity contribution in [2.75, 3.05) is 26.0 Å². The van der Waals surface area contributed by atoms with Crippen LogP contribution in [0.25, 0.3) is 66.8 Å². The van der Waals surface area contributed by atoms with Gasteiger partial charge in [0, 0.05) is 83.6 Å². The van der Waals surface area contributed by atoms with Crippen molar-refractivity contribution in [1.29, 1.82) is 0 Å². The molecule has 4 aliphatic rings. The van der Waals surface area contributed by atoms with Crippen molar-refractivity contribution >= 4 is 51.4 Å². The van der Waals surface area contributed by atoms with E-state index in [1.165, 1.54) is 60.7 Å². The van der Waals surface area contributed by atoms with E-state index >= 15 is 0 Å². The first-order valence-electron chi connectivity index (χ1n) is 18.3. The van der Waals surface area contributed by atoms with Gasteiger partial charge in [0.2, 0.25) is 0 Å². The van der Waals surface area contributed by atoms with Gasteiger partial charge in [-0.3, -0.25) is 14.6 Å². The largest absolute Gasteiger partial charge is 0.508 e. The van der Waals surface area contributed by atoms with Crippen LogP contribution in [0.3, 0.4) is 0 Å². The molecule has 0 saturated heterocycles. The third-order valence-electron chi connectivity index (χ3n) is 10.4. The Hall–Kier alpha value is -8.26. The van der Waals surface area contributed by atoms with Gasteiger partial charge in [0.25, 0.3) is 5.91 Å². The normalized spacial score (nSPS) is 11.7. The number of benzene rings is 6. The molecule has 0 fully saturated rings. The van der Waals surface area contributed by atoms with Crippen LogP contribution in [-0.4, -0.2) is 65.4 Å². The molecule has 14 heteroatoms. The standard InChI is InChI=1S/C46H33N3O11/c1-47-24-6-11-29-37(18-24)59-38-19-25(49(2)3)7-12-30(38)41(29)33-16-22(4-10-28(33)45(55)56)43(52)48-21-35-36(51)15-14-32-40(31-13-8-26(50)20-39(31)60-42(32)35)27-9-5-23(44(53)54)17-34(27)46(57)58/h4-20,50H,21H2,1-3H3,(H,48,52)(H,53,54)(H,55,56)(H,57,58)/b47-24-. The number of aromatic hydroxyl groups is 1. The summed E-state index contributed by atoms with van der Waals surface area (Å²) in [5.74, 6) is -4.37. The quantitative estimate of drug-likeness (QED) is 0.0901. The number of amides is 1. The van der Waals surface area contributed by atoms with E-state index in [-0.39, 0.29) is 73.7 Å². The first kappa shape index (κ1) is 38.6. The Morgan fingerprint density at radius 2 is 1.32 bits per heavy atom. The van der Waals surface area contributed by atoms with Gasteiger partial charge in [0.05, 0.1) is 34.2 Å². The molecule has 1 amide bonds. The van der Waals surface area contributed by atoms with Gasteiger partial charge in [-0.2, -0.15) is 0 Å². The van der Waals surface area contributed by atoms with E-state index in [0.717, 1.165) is 11.8 Å². The Balaban J connectivity index is 1.24. The Kier molecular flexibility index (Phi) is 9.60. The molecule has 2 aliphatic carbocycles. The molecule has 0 atom stereocenters. The lowest BCUT2D eigenvalue weighted by molar-refractivity contribution is 0.0682. The molecule has 5 N–H and O–H groups in total. The zero-order chi connectivity index (χ0) is 42.6. The number of nitrogens with one attached hydrogen (secondary N) is 1. The zero-order valence-corrected chi connectivity index (χ0v) is 32.1. The Bertz CT molecular complexity index is 3200. The SMILES string of the molecule is C/N=c1/ccc2c(-c3cc(C(=O)NCc4c5oc6cc(O)ccc6c(-c6ccc(C(=O)O)cc6C(=O)O)c-5ccc4=O)ccc3C(=O)O)c3ccc(N(C)C)cc3oc-2c1. The highest BCUT2D eigenvalue weighted by molar-refractivity contribution is 6.11. The van der Waals surface area contributed by atoms with Crippen LogP contribution in [0.4, 0.5) is 5.69 Å². The second-order valence-electron chi connectivity index (χ2n) is 14.2. The number of phenolic OH excluding ortho intramolecular Hbond substituents is 1. The summed E-state index contributed by atoms with van der Waals surface area (Å²) in [6, 6.07) is 25.5. The number of carbonyl (C=O) groups is 4. The van der Waals surface area contributed by atoms with Gasteiger partial charge in [-0.25, -0.2) is 14.4 Å². The van der Waals surface area contributed by atoms with Crippen molar-refractivity contribution in [3.63, 3.8) is 0 Å². The molecule has 298 valence electrons. The summed E-state index contributed by atoms with van der Waals surface area (Å²) >= 11 is 0. The highest BCUT2D eigenvalue weighted by Crippen LogP contribution is 2.44. The predicted octanol–water partition coefficient (Wildman–Crippen LogP) is 7.41. The summed E-state index contributed by atoms with van der Waals surface area (Å²) in [7, 11) is 5.40. The van der Waals surface area contributed by atoms with Gasteiger partial charge in [-0.05, 0) is 90.0 Å². The molecule has 2 aliphatic heterocycles. The smallest absolute Gasteiger partial charge is 0.336 e. The minimum Gasteiger partial charge on any atom is -0.508 e. The zero-order valence-electron chi connectivity index (χ0n) is 32.1. The number of carboxylic acids is 3. The first-order valence-corrected chi connectivity index (χ1v) is 18.3. The molecular weight excluding hydrogens is 771 g/mol. The third kappa shape index (κ3) is 6.71. The Morgan fingerprint density at radius 3 is 2.02 bits per heavy atom. The van der Waals surface area contributed by atoms with Crippen LogP contribution in [0.5, 0.6) is 5.75 Å². The number of hydrogen-bond donors (Lipinski definition) is 5. The molecule has 0 unspecified atom stereocenters. The van der Waals surface area contributed by atoms with Gasteiger partial charge in [0.15, 0.2) is 5.43 Å². The minimum absolute atomic E-state index is 0.00995. The van der Waals surface area contributed by atoms with Crippen LogP contribution in [0.2, 0.25) is 0 Å². The lowest BCUT2D eigenvalue weighted by atomic mass is 9.88. The summed E-state index contributed by atoms with van der Waals surface area (Å²) in [5, 5.41) is 44.9. The number of anilines is 1. The summed E-state index contributed by atoms with van der Waals surface area (Å²) in [6.07, 6.45) is 0. The van der Waals surface area contributed by atoms with Gasteiger partial charge in [-0.15, -0.1) is 0 Å². The number of hydrogen-bond acceptors (Lipinski definition) is 10. The summed E-state index contributed by atoms with van der Waals surface area (Å²) in [6.45, 7) is -0.380. The minimum atomic E-state index is -1.40. The highest BCUT2D eigenvalue weighted by Gasteiger charge is 2.27. The second-order valence-corrected chi connectivity index (χ2v) is 14.2. The van der Waals surface area contributed by atoms with Crippen LogP contribution < -0.4 is 21.0 Å². The van der Waals surface area contributed by atoms with Crippen LogP contribution >= 0.6 is 0 Å². The number of rotatable bonds is 9. The number of phenols is 1. The van der Waals surface area contributed by atoms with Crippen molar-refractivity contribution in [1.82, 2.24) is 5.32 Å². The molecule has 0 saturated carbocycles. The van der Waals surface area contributed by atoms with Crippen LogP contribution in [0.1, 0.15) is 47.0 Å². The summed E-state index contributed by atoms with van der Waals surface area (Å²) < 4.78 is 12.5. The van der Waals surface area contributed by atoms with Gasteiger partial charge in [-0.1, -0.05) is 6.07 Å².